The molecular weight excluding hydrogens is 302 g/mol. The fourth-order valence-corrected chi connectivity index (χ4v) is 2.38. The van der Waals surface area contributed by atoms with Gasteiger partial charge in [0.1, 0.15) is 10.8 Å². The molecule has 6 heteroatoms. The summed E-state index contributed by atoms with van der Waals surface area (Å²) in [5, 5.41) is 0.370. The maximum atomic E-state index is 14.1. The number of nitrogens with two attached hydrogens (primary N) is 2. The van der Waals surface area contributed by atoms with Crippen LogP contribution in [0.3, 0.4) is 0 Å². The van der Waals surface area contributed by atoms with Crippen molar-refractivity contribution in [2.75, 3.05) is 11.5 Å². The Balaban J connectivity index is 2.54. The second-order valence-electron chi connectivity index (χ2n) is 4.48. The largest absolute Gasteiger partial charge is 0.451 e. The van der Waals surface area contributed by atoms with Crippen LogP contribution in [0.25, 0.3) is 0 Å². The van der Waals surface area contributed by atoms with Crippen molar-refractivity contribution in [1.82, 2.24) is 0 Å². The molecule has 0 aliphatic rings. The van der Waals surface area contributed by atoms with Gasteiger partial charge in [-0.25, -0.2) is 4.39 Å². The molecule has 0 aromatic heterocycles. The molecule has 0 radical (unpaired) electrons. The summed E-state index contributed by atoms with van der Waals surface area (Å²) in [6.07, 6.45) is 0. The Bertz CT molecular complexity index is 666. The molecule has 3 nitrogen and oxygen atoms in total. The molecular formula is C14H13Cl2FN2O. The van der Waals surface area contributed by atoms with Crippen molar-refractivity contribution >= 4 is 34.6 Å². The lowest BCUT2D eigenvalue weighted by molar-refractivity contribution is 0.440. The summed E-state index contributed by atoms with van der Waals surface area (Å²) in [5.41, 5.74) is 13.0. The number of anilines is 2. The number of hydrogen-bond donors (Lipinski definition) is 2. The monoisotopic (exact) mass is 314 g/mol. The highest BCUT2D eigenvalue weighted by Crippen LogP contribution is 2.40. The molecule has 2 rings (SSSR count). The molecule has 2 aromatic carbocycles. The van der Waals surface area contributed by atoms with Crippen LogP contribution in [0.5, 0.6) is 11.5 Å². The van der Waals surface area contributed by atoms with Crippen molar-refractivity contribution in [2.24, 2.45) is 0 Å². The number of rotatable bonds is 2. The quantitative estimate of drug-likeness (QED) is 0.789. The van der Waals surface area contributed by atoms with Crippen LogP contribution in [-0.2, 0) is 0 Å². The zero-order valence-corrected chi connectivity index (χ0v) is 12.4. The molecule has 2 aromatic rings. The van der Waals surface area contributed by atoms with Crippen LogP contribution in [0, 0.1) is 19.7 Å². The fourth-order valence-electron chi connectivity index (χ4n) is 1.91. The van der Waals surface area contributed by atoms with Gasteiger partial charge in [-0.2, -0.15) is 0 Å². The minimum Gasteiger partial charge on any atom is -0.451 e. The molecule has 0 aliphatic heterocycles. The fraction of sp³-hybridized carbons (Fsp3) is 0.143. The molecule has 0 amide bonds. The first-order valence-corrected chi connectivity index (χ1v) is 6.54. The van der Waals surface area contributed by atoms with Gasteiger partial charge in [0, 0.05) is 5.02 Å². The van der Waals surface area contributed by atoms with Crippen molar-refractivity contribution in [1.29, 1.82) is 0 Å². The predicted octanol–water partition coefficient (Wildman–Crippen LogP) is 4.71. The molecule has 0 spiro atoms. The Morgan fingerprint density at radius 1 is 0.950 bits per heavy atom. The number of aryl methyl sites for hydroxylation is 2. The molecule has 0 saturated heterocycles. The second kappa shape index (κ2) is 5.38. The van der Waals surface area contributed by atoms with E-state index in [0.717, 1.165) is 11.1 Å². The van der Waals surface area contributed by atoms with Gasteiger partial charge in [-0.1, -0.05) is 23.2 Å². The minimum atomic E-state index is -0.780. The molecule has 0 heterocycles. The maximum absolute atomic E-state index is 14.1. The Morgan fingerprint density at radius 2 is 1.50 bits per heavy atom. The van der Waals surface area contributed by atoms with E-state index in [2.05, 4.69) is 0 Å². The first kappa shape index (κ1) is 14.8. The molecule has 0 atom stereocenters. The average Bonchev–Trinajstić information content (AvgIpc) is 2.34. The van der Waals surface area contributed by atoms with Gasteiger partial charge < -0.3 is 16.2 Å². The molecule has 106 valence electrons. The van der Waals surface area contributed by atoms with Gasteiger partial charge in [0.15, 0.2) is 11.6 Å². The zero-order valence-electron chi connectivity index (χ0n) is 10.9. The highest BCUT2D eigenvalue weighted by atomic mass is 35.5. The van der Waals surface area contributed by atoms with E-state index in [-0.39, 0.29) is 22.1 Å². The van der Waals surface area contributed by atoms with Crippen LogP contribution in [0.4, 0.5) is 15.8 Å². The van der Waals surface area contributed by atoms with E-state index in [1.165, 1.54) is 6.07 Å². The molecule has 0 fully saturated rings. The van der Waals surface area contributed by atoms with E-state index >= 15 is 0 Å². The maximum Gasteiger partial charge on any atom is 0.188 e. The summed E-state index contributed by atoms with van der Waals surface area (Å²) in [7, 11) is 0. The summed E-state index contributed by atoms with van der Waals surface area (Å²) in [4.78, 5) is 0. The Hall–Kier alpha value is -1.65. The molecule has 0 bridgehead atoms. The van der Waals surface area contributed by atoms with Gasteiger partial charge in [0.05, 0.1) is 11.4 Å². The smallest absolute Gasteiger partial charge is 0.188 e. The van der Waals surface area contributed by atoms with Gasteiger partial charge in [-0.05, 0) is 43.2 Å². The number of benzene rings is 2. The van der Waals surface area contributed by atoms with E-state index in [0.29, 0.717) is 10.8 Å². The molecule has 20 heavy (non-hydrogen) atoms. The predicted molar refractivity (Wildman–Crippen MR) is 81.2 cm³/mol. The van der Waals surface area contributed by atoms with Crippen molar-refractivity contribution in [2.45, 2.75) is 13.8 Å². The van der Waals surface area contributed by atoms with Gasteiger partial charge in [-0.15, -0.1) is 0 Å². The van der Waals surface area contributed by atoms with Crippen LogP contribution < -0.4 is 16.2 Å². The van der Waals surface area contributed by atoms with Crippen LogP contribution in [0.2, 0.25) is 10.0 Å². The first-order valence-electron chi connectivity index (χ1n) is 5.78. The molecule has 0 saturated carbocycles. The number of nitrogen functional groups attached to an aromatic ring is 2. The normalized spacial score (nSPS) is 10.7. The van der Waals surface area contributed by atoms with E-state index in [1.807, 2.05) is 0 Å². The molecule has 0 aliphatic carbocycles. The van der Waals surface area contributed by atoms with Crippen molar-refractivity contribution in [3.05, 3.63) is 45.2 Å². The van der Waals surface area contributed by atoms with Gasteiger partial charge in [0.25, 0.3) is 0 Å². The Labute approximate surface area is 126 Å². The number of ether oxygens (including phenoxy) is 1. The highest BCUT2D eigenvalue weighted by molar-refractivity contribution is 6.33. The lowest BCUT2D eigenvalue weighted by Crippen LogP contribution is -2.01. The third kappa shape index (κ3) is 2.62. The third-order valence-corrected chi connectivity index (χ3v) is 3.45. The van der Waals surface area contributed by atoms with E-state index < -0.39 is 5.82 Å². The van der Waals surface area contributed by atoms with Gasteiger partial charge in [0.2, 0.25) is 0 Å². The zero-order chi connectivity index (χ0) is 15.0. The topological polar surface area (TPSA) is 61.3 Å². The Kier molecular flexibility index (Phi) is 3.97. The van der Waals surface area contributed by atoms with Crippen molar-refractivity contribution in [3.63, 3.8) is 0 Å². The number of hydrogen-bond acceptors (Lipinski definition) is 3. The van der Waals surface area contributed by atoms with E-state index in [1.54, 1.807) is 26.0 Å². The third-order valence-electron chi connectivity index (χ3n) is 2.85. The summed E-state index contributed by atoms with van der Waals surface area (Å²) in [6, 6.07) is 4.80. The van der Waals surface area contributed by atoms with Crippen LogP contribution in [0.15, 0.2) is 18.2 Å². The highest BCUT2D eigenvalue weighted by Gasteiger charge is 2.18. The average molecular weight is 315 g/mol. The van der Waals surface area contributed by atoms with Crippen molar-refractivity contribution in [3.8, 4) is 11.5 Å². The van der Waals surface area contributed by atoms with Crippen LogP contribution in [-0.4, -0.2) is 0 Å². The summed E-state index contributed by atoms with van der Waals surface area (Å²) >= 11 is 11.7. The number of halogens is 3. The van der Waals surface area contributed by atoms with Crippen molar-refractivity contribution < 1.29 is 9.13 Å². The lowest BCUT2D eigenvalue weighted by Gasteiger charge is -2.15. The van der Waals surface area contributed by atoms with Crippen LogP contribution >= 0.6 is 23.2 Å². The lowest BCUT2D eigenvalue weighted by atomic mass is 10.1. The standard InChI is InChI=1S/C14H13Cl2FN2O/c1-6-3-8(15)4-7(2)13(6)20-14-10(19)5-9(18)11(16)12(14)17/h3-5H,18-19H2,1-2H3. The summed E-state index contributed by atoms with van der Waals surface area (Å²) < 4.78 is 19.7. The minimum absolute atomic E-state index is 0.0681. The summed E-state index contributed by atoms with van der Waals surface area (Å²) in [5.74, 6) is -0.434. The molecule has 4 N–H and O–H groups in total. The SMILES string of the molecule is Cc1cc(Cl)cc(C)c1Oc1c(N)cc(N)c(Cl)c1F. The summed E-state index contributed by atoms with van der Waals surface area (Å²) in [6.45, 7) is 3.61. The van der Waals surface area contributed by atoms with E-state index in [9.17, 15) is 4.39 Å². The molecule has 0 unspecified atom stereocenters. The first-order chi connectivity index (χ1) is 9.31. The van der Waals surface area contributed by atoms with Gasteiger partial charge >= 0.3 is 0 Å². The van der Waals surface area contributed by atoms with E-state index in [4.69, 9.17) is 39.4 Å². The second-order valence-corrected chi connectivity index (χ2v) is 5.30. The van der Waals surface area contributed by atoms with Crippen LogP contribution in [0.1, 0.15) is 11.1 Å². The Morgan fingerprint density at radius 3 is 2.05 bits per heavy atom. The van der Waals surface area contributed by atoms with Gasteiger partial charge in [-0.3, -0.25) is 0 Å².